The molecule has 0 atom stereocenters. The molecular weight excluding hydrogens is 428 g/mol. The molecule has 0 aliphatic rings. The lowest BCUT2D eigenvalue weighted by Gasteiger charge is -2.11. The van der Waals surface area contributed by atoms with Gasteiger partial charge in [-0.15, -0.1) is 0 Å². The summed E-state index contributed by atoms with van der Waals surface area (Å²) in [5.41, 5.74) is 9.58. The van der Waals surface area contributed by atoms with Crippen molar-refractivity contribution in [3.05, 3.63) is 90.1 Å². The Bertz CT molecular complexity index is 1490. The number of rotatable bonds is 7. The number of benzene rings is 3. The van der Waals surface area contributed by atoms with E-state index < -0.39 is 0 Å². The summed E-state index contributed by atoms with van der Waals surface area (Å²) in [6.45, 7) is 2.49. The largest absolute Gasteiger partial charge is 0.489 e. The highest BCUT2D eigenvalue weighted by Gasteiger charge is 2.14. The first kappa shape index (κ1) is 21.5. The zero-order chi connectivity index (χ0) is 23.5. The third-order valence-electron chi connectivity index (χ3n) is 5.75. The number of carbonyl (C=O) groups is 1. The average Bonchev–Trinajstić information content (AvgIpc) is 3.28. The molecule has 3 aromatic carbocycles. The zero-order valence-electron chi connectivity index (χ0n) is 18.8. The number of para-hydroxylation sites is 1. The molecule has 5 aromatic rings. The minimum Gasteiger partial charge on any atom is -0.489 e. The van der Waals surface area contributed by atoms with Crippen molar-refractivity contribution in [2.24, 2.45) is 0 Å². The minimum absolute atomic E-state index is 0.170. The Balaban J connectivity index is 1.45. The van der Waals surface area contributed by atoms with Crippen LogP contribution >= 0.6 is 0 Å². The van der Waals surface area contributed by atoms with Gasteiger partial charge in [0.2, 0.25) is 0 Å². The summed E-state index contributed by atoms with van der Waals surface area (Å²) in [6.07, 6.45) is 1.87. The van der Waals surface area contributed by atoms with E-state index >= 15 is 0 Å². The summed E-state index contributed by atoms with van der Waals surface area (Å²) in [4.78, 5) is 16.2. The molecule has 2 aromatic heterocycles. The monoisotopic (exact) mass is 452 g/mol. The first-order valence-corrected chi connectivity index (χ1v) is 11.2. The van der Waals surface area contributed by atoms with Crippen molar-refractivity contribution >= 4 is 33.5 Å². The molecule has 0 radical (unpaired) electrons. The Morgan fingerprint density at radius 1 is 0.941 bits per heavy atom. The van der Waals surface area contributed by atoms with Crippen LogP contribution in [0.1, 0.15) is 18.1 Å². The summed E-state index contributed by atoms with van der Waals surface area (Å²) in [7, 11) is 0. The van der Waals surface area contributed by atoms with Crippen molar-refractivity contribution in [3.63, 3.8) is 0 Å². The number of carbonyl (C=O) groups excluding carboxylic acids is 1. The number of pyridine rings is 1. The molecule has 6 heteroatoms. The molecule has 0 bridgehead atoms. The number of furan rings is 1. The van der Waals surface area contributed by atoms with Gasteiger partial charge in [-0.05, 0) is 36.6 Å². The van der Waals surface area contributed by atoms with E-state index in [2.05, 4.69) is 4.98 Å². The van der Waals surface area contributed by atoms with E-state index in [4.69, 9.17) is 19.6 Å². The summed E-state index contributed by atoms with van der Waals surface area (Å²) >= 11 is 0. The molecule has 0 saturated heterocycles. The van der Waals surface area contributed by atoms with E-state index in [1.54, 1.807) is 13.1 Å². The van der Waals surface area contributed by atoms with Crippen molar-refractivity contribution in [1.82, 2.24) is 4.98 Å². The maximum absolute atomic E-state index is 12.0. The molecule has 170 valence electrons. The fourth-order valence-electron chi connectivity index (χ4n) is 4.14. The van der Waals surface area contributed by atoms with Crippen LogP contribution in [-0.2, 0) is 22.6 Å². The van der Waals surface area contributed by atoms with E-state index in [1.165, 1.54) is 0 Å². The predicted octanol–water partition coefficient (Wildman–Crippen LogP) is 5.91. The number of nitrogens with two attached hydrogens (primary N) is 1. The molecule has 5 rings (SSSR count). The second-order valence-corrected chi connectivity index (χ2v) is 7.91. The lowest BCUT2D eigenvalue weighted by Crippen LogP contribution is -2.09. The Morgan fingerprint density at radius 3 is 2.65 bits per heavy atom. The van der Waals surface area contributed by atoms with Crippen LogP contribution in [0.15, 0.2) is 83.4 Å². The second kappa shape index (κ2) is 9.27. The molecule has 2 N–H and O–H groups in total. The molecule has 2 heterocycles. The maximum Gasteiger partial charge on any atom is 0.310 e. The van der Waals surface area contributed by atoms with Gasteiger partial charge in [0.05, 0.1) is 13.0 Å². The third kappa shape index (κ3) is 4.18. The number of ether oxygens (including phenoxy) is 2. The summed E-state index contributed by atoms with van der Waals surface area (Å²) in [5.74, 6) is 1.63. The molecule has 6 nitrogen and oxygen atoms in total. The van der Waals surface area contributed by atoms with Gasteiger partial charge in [0.25, 0.3) is 0 Å². The minimum atomic E-state index is -0.272. The van der Waals surface area contributed by atoms with Crippen molar-refractivity contribution in [1.29, 1.82) is 0 Å². The van der Waals surface area contributed by atoms with Crippen molar-refractivity contribution in [3.8, 4) is 17.1 Å². The molecular formula is C28H24N2O4. The quantitative estimate of drug-likeness (QED) is 0.309. The van der Waals surface area contributed by atoms with Crippen LogP contribution in [-0.4, -0.2) is 17.6 Å². The van der Waals surface area contributed by atoms with Gasteiger partial charge < -0.3 is 19.6 Å². The van der Waals surface area contributed by atoms with Crippen molar-refractivity contribution in [2.45, 2.75) is 20.0 Å². The Morgan fingerprint density at radius 2 is 1.76 bits per heavy atom. The number of fused-ring (bicyclic) bond motifs is 2. The van der Waals surface area contributed by atoms with Gasteiger partial charge in [0, 0.05) is 33.7 Å². The molecule has 0 unspecified atom stereocenters. The summed E-state index contributed by atoms with van der Waals surface area (Å²) in [6, 6.07) is 23.3. The van der Waals surface area contributed by atoms with Crippen LogP contribution in [0.25, 0.3) is 33.1 Å². The average molecular weight is 453 g/mol. The van der Waals surface area contributed by atoms with Crippen LogP contribution in [0.5, 0.6) is 5.75 Å². The van der Waals surface area contributed by atoms with E-state index in [0.29, 0.717) is 24.8 Å². The van der Waals surface area contributed by atoms with E-state index in [1.807, 2.05) is 72.8 Å². The SMILES string of the molecule is CCOC(=O)Cc1ccccc1OCc1cccc2oc(-c3cccc4c(N)nccc34)cc12. The highest BCUT2D eigenvalue weighted by Crippen LogP contribution is 2.35. The number of hydrogen-bond donors (Lipinski definition) is 1. The van der Waals surface area contributed by atoms with E-state index in [0.717, 1.165) is 44.2 Å². The standard InChI is InChI=1S/C28H24N2O4/c1-2-32-27(31)15-18-7-3-4-11-24(18)33-17-19-8-5-12-25-23(19)16-26(34-25)21-9-6-10-22-20(21)13-14-30-28(22)29/h3-14,16H,2,15,17H2,1H3,(H2,29,30). The van der Waals surface area contributed by atoms with Crippen LogP contribution in [0.2, 0.25) is 0 Å². The van der Waals surface area contributed by atoms with Crippen LogP contribution in [0, 0.1) is 0 Å². The van der Waals surface area contributed by atoms with Gasteiger partial charge in [-0.2, -0.15) is 0 Å². The van der Waals surface area contributed by atoms with Crippen LogP contribution in [0.3, 0.4) is 0 Å². The Hall–Kier alpha value is -4.32. The van der Waals surface area contributed by atoms with Gasteiger partial charge in [0.15, 0.2) is 0 Å². The smallest absolute Gasteiger partial charge is 0.310 e. The Kier molecular flexibility index (Phi) is 5.87. The van der Waals surface area contributed by atoms with Gasteiger partial charge in [-0.3, -0.25) is 4.79 Å². The van der Waals surface area contributed by atoms with Crippen molar-refractivity contribution in [2.75, 3.05) is 12.3 Å². The first-order valence-electron chi connectivity index (χ1n) is 11.2. The molecule has 0 aliphatic carbocycles. The van der Waals surface area contributed by atoms with E-state index in [9.17, 15) is 4.79 Å². The lowest BCUT2D eigenvalue weighted by atomic mass is 10.0. The topological polar surface area (TPSA) is 87.6 Å². The Labute approximate surface area is 196 Å². The second-order valence-electron chi connectivity index (χ2n) is 7.91. The van der Waals surface area contributed by atoms with E-state index in [-0.39, 0.29) is 12.4 Å². The van der Waals surface area contributed by atoms with Crippen LogP contribution < -0.4 is 10.5 Å². The fourth-order valence-corrected chi connectivity index (χ4v) is 4.14. The predicted molar refractivity (Wildman–Crippen MR) is 132 cm³/mol. The number of anilines is 1. The first-order chi connectivity index (χ1) is 16.6. The molecule has 0 fully saturated rings. The highest BCUT2D eigenvalue weighted by atomic mass is 16.5. The van der Waals surface area contributed by atoms with Gasteiger partial charge >= 0.3 is 5.97 Å². The number of hydrogen-bond acceptors (Lipinski definition) is 6. The summed E-state index contributed by atoms with van der Waals surface area (Å²) in [5, 5.41) is 2.85. The number of esters is 1. The number of nitrogen functional groups attached to an aromatic ring is 1. The molecule has 0 spiro atoms. The molecule has 0 amide bonds. The lowest BCUT2D eigenvalue weighted by molar-refractivity contribution is -0.142. The molecule has 34 heavy (non-hydrogen) atoms. The van der Waals surface area contributed by atoms with Gasteiger partial charge in [-0.1, -0.05) is 48.5 Å². The highest BCUT2D eigenvalue weighted by molar-refractivity contribution is 6.01. The molecule has 0 saturated carbocycles. The van der Waals surface area contributed by atoms with Gasteiger partial charge in [0.1, 0.15) is 29.5 Å². The number of aromatic nitrogens is 1. The third-order valence-corrected chi connectivity index (χ3v) is 5.75. The fraction of sp³-hybridized carbons (Fsp3) is 0.143. The zero-order valence-corrected chi connectivity index (χ0v) is 18.8. The summed E-state index contributed by atoms with van der Waals surface area (Å²) < 4.78 is 17.4. The maximum atomic E-state index is 12.0. The number of nitrogens with zero attached hydrogens (tertiary/aromatic N) is 1. The van der Waals surface area contributed by atoms with Gasteiger partial charge in [-0.25, -0.2) is 4.98 Å². The van der Waals surface area contributed by atoms with Crippen molar-refractivity contribution < 1.29 is 18.7 Å². The molecule has 0 aliphatic heterocycles. The van der Waals surface area contributed by atoms with Crippen LogP contribution in [0.4, 0.5) is 5.82 Å². The normalized spacial score (nSPS) is 11.1.